The summed E-state index contributed by atoms with van der Waals surface area (Å²) in [5.74, 6) is 4.49. The fourth-order valence-corrected chi connectivity index (χ4v) is 10.8. The molecule has 2 amide bonds. The summed E-state index contributed by atoms with van der Waals surface area (Å²) in [5.41, 5.74) is 14.2. The van der Waals surface area contributed by atoms with Crippen LogP contribution in [0.1, 0.15) is 109 Å². The standard InChI is InChI=1S/C31H39N7O4.C18H22BrN5.C13H18N2O4/c1-3-41-30(39)26(37-31(40)42-19-22-8-5-4-6-9-22)18-33-27-21(2)29(35-20-34-27)38-16-13-23(14-17-38)25-12-11-24-10-7-15-32-28(24)36-25;1-12-16(19)21-11-22-18(12)24-9-6-13(7-10-24)15-5-4-14-3-2-8-20-17(14)23-15;1-2-18-12(16)11(8-14)15-13(17)19-9-10-6-4-3-5-7-10/h4-6,8-9,11-12,20,23,26H,3,7,10,13-19H2,1-2H3,(H,32,36)(H,37,40)(H,33,34,35);4-5,11,13H,2-3,6-10H2,1H3,(H,20,23);3-7,11H,2,8-9,14H2,1H3,(H,15,17)/t26-;;11-/m0.0/s1. The monoisotopic (exact) mass is 1230 g/mol. The minimum atomic E-state index is -0.958. The molecule has 2 atom stereocenters. The predicted molar refractivity (Wildman–Crippen MR) is 330 cm³/mol. The first-order valence-electron chi connectivity index (χ1n) is 29.4. The number of aromatic nitrogens is 6. The average molecular weight is 1230 g/mol. The van der Waals surface area contributed by atoms with E-state index in [4.69, 9.17) is 34.6 Å². The van der Waals surface area contributed by atoms with Crippen molar-refractivity contribution in [1.82, 2.24) is 40.5 Å². The molecule has 2 aromatic carbocycles. The quantitative estimate of drug-likeness (QED) is 0.0267. The van der Waals surface area contributed by atoms with E-state index in [0.29, 0.717) is 17.7 Å². The van der Waals surface area contributed by atoms with E-state index in [1.165, 1.54) is 29.6 Å². The number of esters is 2. The molecule has 7 N–H and O–H groups in total. The Labute approximate surface area is 505 Å². The summed E-state index contributed by atoms with van der Waals surface area (Å²) in [4.78, 5) is 80.1. The second kappa shape index (κ2) is 32.2. The van der Waals surface area contributed by atoms with Crippen LogP contribution in [0.25, 0.3) is 0 Å². The zero-order valence-corrected chi connectivity index (χ0v) is 50.6. The van der Waals surface area contributed by atoms with Gasteiger partial charge in [-0.1, -0.05) is 72.8 Å². The molecule has 2 saturated heterocycles. The number of amides is 2. The van der Waals surface area contributed by atoms with Crippen LogP contribution in [0, 0.1) is 13.8 Å². The SMILES string of the molecule is CCOC(=O)[C@H](CN)NC(=O)OCc1ccccc1.CCOC(=O)[C@H](CNc1ncnc(N2CCC(c3ccc4c(n3)NCCC4)CC2)c1C)NC(=O)OCc1ccccc1.Cc1c(Br)ncnc1N1CCC(c2ccc3c(n2)NCCC3)CC1. The number of hydrogen-bond donors (Lipinski definition) is 6. The molecule has 452 valence electrons. The van der Waals surface area contributed by atoms with Gasteiger partial charge in [0.1, 0.15) is 71.6 Å². The lowest BCUT2D eigenvalue weighted by Gasteiger charge is -2.34. The number of nitrogens with two attached hydrogens (primary N) is 1. The Balaban J connectivity index is 0.000000184. The molecule has 0 bridgehead atoms. The Morgan fingerprint density at radius 1 is 0.612 bits per heavy atom. The van der Waals surface area contributed by atoms with Gasteiger partial charge in [-0.15, -0.1) is 0 Å². The zero-order chi connectivity index (χ0) is 59.9. The van der Waals surface area contributed by atoms with Crippen LogP contribution in [-0.4, -0.2) is 132 Å². The Bertz CT molecular complexity index is 3130. The zero-order valence-electron chi connectivity index (χ0n) is 49.0. The molecule has 0 radical (unpaired) electrons. The number of pyridine rings is 2. The van der Waals surface area contributed by atoms with E-state index in [1.54, 1.807) is 20.2 Å². The van der Waals surface area contributed by atoms with Crippen molar-refractivity contribution < 1.29 is 38.1 Å². The summed E-state index contributed by atoms with van der Waals surface area (Å²) in [5, 5.41) is 15.1. The number of aryl methyl sites for hydroxylation is 2. The molecule has 6 aromatic rings. The number of carbonyl (C=O) groups excluding carboxylic acids is 4. The first kappa shape index (κ1) is 62.9. The number of rotatable bonds is 18. The third kappa shape index (κ3) is 18.2. The topological polar surface area (TPSA) is 275 Å². The lowest BCUT2D eigenvalue weighted by atomic mass is 9.92. The Hall–Kier alpha value is -8.18. The van der Waals surface area contributed by atoms with Gasteiger partial charge in [-0.25, -0.2) is 49.1 Å². The van der Waals surface area contributed by atoms with Crippen LogP contribution in [0.2, 0.25) is 0 Å². The van der Waals surface area contributed by atoms with E-state index in [1.807, 2.05) is 67.6 Å². The second-order valence-electron chi connectivity index (χ2n) is 21.0. The van der Waals surface area contributed by atoms with Crippen molar-refractivity contribution in [3.63, 3.8) is 0 Å². The van der Waals surface area contributed by atoms with E-state index in [0.717, 1.165) is 140 Å². The first-order valence-corrected chi connectivity index (χ1v) is 30.2. The highest BCUT2D eigenvalue weighted by Gasteiger charge is 2.29. The summed E-state index contributed by atoms with van der Waals surface area (Å²) in [7, 11) is 0. The molecule has 85 heavy (non-hydrogen) atoms. The normalized spacial score (nSPS) is 15.4. The van der Waals surface area contributed by atoms with Crippen molar-refractivity contribution in [2.75, 3.05) is 91.3 Å². The van der Waals surface area contributed by atoms with Gasteiger partial charge in [-0.2, -0.15) is 0 Å². The maximum Gasteiger partial charge on any atom is 0.408 e. The fourth-order valence-electron chi connectivity index (χ4n) is 10.5. The fraction of sp³-hybridized carbons (Fsp3) is 0.452. The minimum absolute atomic E-state index is 0.0424. The van der Waals surface area contributed by atoms with Crippen LogP contribution in [0.4, 0.5) is 38.7 Å². The number of halogens is 1. The highest BCUT2D eigenvalue weighted by molar-refractivity contribution is 9.10. The van der Waals surface area contributed by atoms with E-state index < -0.39 is 36.2 Å². The van der Waals surface area contributed by atoms with Crippen molar-refractivity contribution in [1.29, 1.82) is 0 Å². The molecule has 23 heteroatoms. The summed E-state index contributed by atoms with van der Waals surface area (Å²) >= 11 is 3.50. The van der Waals surface area contributed by atoms with Crippen molar-refractivity contribution in [3.8, 4) is 0 Å². The number of fused-ring (bicyclic) bond motifs is 2. The Morgan fingerprint density at radius 2 is 1.07 bits per heavy atom. The molecule has 4 aromatic heterocycles. The second-order valence-corrected chi connectivity index (χ2v) is 21.7. The van der Waals surface area contributed by atoms with E-state index in [-0.39, 0.29) is 39.5 Å². The Kier molecular flexibility index (Phi) is 23.8. The van der Waals surface area contributed by atoms with Crippen LogP contribution in [0.5, 0.6) is 0 Å². The van der Waals surface area contributed by atoms with Gasteiger partial charge in [0.2, 0.25) is 0 Å². The van der Waals surface area contributed by atoms with Gasteiger partial charge in [-0.3, -0.25) is 0 Å². The van der Waals surface area contributed by atoms with Crippen molar-refractivity contribution >= 4 is 69.1 Å². The smallest absolute Gasteiger partial charge is 0.408 e. The molecule has 2 fully saturated rings. The average Bonchev–Trinajstić information content (AvgIpc) is 3.60. The number of ether oxygens (including phenoxy) is 4. The largest absolute Gasteiger partial charge is 0.464 e. The molecule has 0 spiro atoms. The minimum Gasteiger partial charge on any atom is -0.464 e. The van der Waals surface area contributed by atoms with Gasteiger partial charge in [0.15, 0.2) is 0 Å². The van der Waals surface area contributed by atoms with Crippen molar-refractivity contribution in [2.45, 2.75) is 116 Å². The third-order valence-electron chi connectivity index (χ3n) is 15.2. The van der Waals surface area contributed by atoms with Gasteiger partial charge in [0, 0.05) is 86.7 Å². The van der Waals surface area contributed by atoms with E-state index >= 15 is 0 Å². The summed E-state index contributed by atoms with van der Waals surface area (Å²) < 4.78 is 21.1. The van der Waals surface area contributed by atoms with Gasteiger partial charge in [0.25, 0.3) is 0 Å². The van der Waals surface area contributed by atoms with E-state index in [9.17, 15) is 19.2 Å². The van der Waals surface area contributed by atoms with Gasteiger partial charge in [-0.05, 0) is 129 Å². The van der Waals surface area contributed by atoms with Crippen LogP contribution < -0.4 is 42.1 Å². The molecule has 8 heterocycles. The number of anilines is 5. The predicted octanol–water partition coefficient (Wildman–Crippen LogP) is 8.68. The molecular formula is C62H79BrN14O8. The number of nitrogens with one attached hydrogen (secondary N) is 5. The molecule has 10 rings (SSSR count). The number of benzene rings is 2. The lowest BCUT2D eigenvalue weighted by Crippen LogP contribution is -2.46. The van der Waals surface area contributed by atoms with Gasteiger partial charge >= 0.3 is 24.1 Å². The van der Waals surface area contributed by atoms with Crippen molar-refractivity contribution in [2.24, 2.45) is 5.73 Å². The van der Waals surface area contributed by atoms with Crippen LogP contribution >= 0.6 is 15.9 Å². The van der Waals surface area contributed by atoms with Crippen LogP contribution in [-0.2, 0) is 54.6 Å². The first-order chi connectivity index (χ1) is 41.4. The summed E-state index contributed by atoms with van der Waals surface area (Å²) in [6.07, 6.45) is 10.6. The molecule has 0 aliphatic carbocycles. The van der Waals surface area contributed by atoms with Gasteiger partial charge in [0.05, 0.1) is 13.2 Å². The number of nitrogens with zero attached hydrogens (tertiary/aromatic N) is 8. The molecule has 0 saturated carbocycles. The molecule has 22 nitrogen and oxygen atoms in total. The summed E-state index contributed by atoms with van der Waals surface area (Å²) in [6, 6.07) is 25.6. The maximum atomic E-state index is 12.6. The maximum absolute atomic E-state index is 12.6. The number of hydrogen-bond acceptors (Lipinski definition) is 20. The van der Waals surface area contributed by atoms with Gasteiger partial charge < -0.3 is 61.1 Å². The highest BCUT2D eigenvalue weighted by Crippen LogP contribution is 2.35. The molecule has 0 unspecified atom stereocenters. The van der Waals surface area contributed by atoms with Crippen LogP contribution in [0.15, 0.2) is 102 Å². The summed E-state index contributed by atoms with van der Waals surface area (Å²) in [6.45, 7) is 13.9. The number of piperidine rings is 2. The highest BCUT2D eigenvalue weighted by atomic mass is 79.9. The van der Waals surface area contributed by atoms with Crippen molar-refractivity contribution in [3.05, 3.63) is 147 Å². The third-order valence-corrected chi connectivity index (χ3v) is 16.0. The lowest BCUT2D eigenvalue weighted by molar-refractivity contribution is -0.146. The number of alkyl carbamates (subject to hydrolysis) is 2. The van der Waals surface area contributed by atoms with Crippen LogP contribution in [0.3, 0.4) is 0 Å². The Morgan fingerprint density at radius 3 is 1.55 bits per heavy atom. The molecule has 4 aliphatic heterocycles. The molecular weight excluding hydrogens is 1150 g/mol. The number of carbonyl (C=O) groups is 4. The van der Waals surface area contributed by atoms with E-state index in [2.05, 4.69) is 103 Å². The molecule has 4 aliphatic rings.